The first-order chi connectivity index (χ1) is 25.5. The fourth-order valence-electron chi connectivity index (χ4n) is 9.12. The summed E-state index contributed by atoms with van der Waals surface area (Å²) in [7, 11) is 3.14. The van der Waals surface area contributed by atoms with E-state index in [9.17, 15) is 34.5 Å². The van der Waals surface area contributed by atoms with Crippen LogP contribution < -0.4 is 0 Å². The number of hydrogen-bond acceptors (Lipinski definition) is 11. The van der Waals surface area contributed by atoms with Crippen LogP contribution in [0.2, 0.25) is 0 Å². The number of fused-ring (bicyclic) bond motifs is 3. The van der Waals surface area contributed by atoms with Gasteiger partial charge in [-0.15, -0.1) is 0 Å². The van der Waals surface area contributed by atoms with E-state index in [-0.39, 0.29) is 49.0 Å². The number of cyclic esters (lactones) is 1. The minimum atomic E-state index is -2.40. The molecule has 1 aliphatic carbocycles. The van der Waals surface area contributed by atoms with Crippen LogP contribution in [0.1, 0.15) is 119 Å². The van der Waals surface area contributed by atoms with Crippen molar-refractivity contribution in [2.24, 2.45) is 29.6 Å². The lowest BCUT2D eigenvalue weighted by Crippen LogP contribution is -2.62. The van der Waals surface area contributed by atoms with E-state index in [1.165, 1.54) is 4.90 Å². The highest BCUT2D eigenvalue weighted by atomic mass is 16.7. The Bertz CT molecular complexity index is 1380. The van der Waals surface area contributed by atoms with Gasteiger partial charge in [0.25, 0.3) is 11.7 Å². The predicted octanol–water partition coefficient (Wildman–Crippen LogP) is 4.85. The maximum Gasteiger partial charge on any atom is 0.329 e. The Hall–Kier alpha value is -2.48. The first-order valence-electron chi connectivity index (χ1n) is 20.3. The third kappa shape index (κ3) is 10.5. The van der Waals surface area contributed by atoms with Crippen LogP contribution in [0, 0.1) is 29.6 Å². The van der Waals surface area contributed by atoms with Gasteiger partial charge in [-0.2, -0.15) is 0 Å². The molecule has 2 saturated heterocycles. The van der Waals surface area contributed by atoms with E-state index >= 15 is 0 Å². The molecule has 3 N–H and O–H groups in total. The highest BCUT2D eigenvalue weighted by molar-refractivity contribution is 6.39. The SMILES string of the molecule is CCC1=CC(C)C[C@H](C)CCC2OC(O)(C(=O)C(=O)N3CCCCC3C(=O)OC(C(C)=C[C@@H]3CCC(O)C(OC)C3)[C@H](C)C(O)CC1=O)[C@H](C)CC2OC. The first kappa shape index (κ1) is 44.2. The zero-order valence-corrected chi connectivity index (χ0v) is 33.8. The Balaban J connectivity index is 1.73. The molecule has 3 fully saturated rings. The van der Waals surface area contributed by atoms with Gasteiger partial charge in [0.05, 0.1) is 30.5 Å². The average molecular weight is 762 g/mol. The Morgan fingerprint density at radius 1 is 0.926 bits per heavy atom. The highest BCUT2D eigenvalue weighted by Gasteiger charge is 2.55. The fourth-order valence-corrected chi connectivity index (χ4v) is 9.12. The van der Waals surface area contributed by atoms with Gasteiger partial charge in [-0.05, 0) is 106 Å². The molecule has 54 heavy (non-hydrogen) atoms. The number of rotatable bonds is 5. The van der Waals surface area contributed by atoms with Crippen molar-refractivity contribution in [1.82, 2.24) is 4.90 Å². The van der Waals surface area contributed by atoms with Crippen LogP contribution >= 0.6 is 0 Å². The van der Waals surface area contributed by atoms with Crippen molar-refractivity contribution >= 4 is 23.4 Å². The molecule has 4 rings (SSSR count). The first-order valence-corrected chi connectivity index (χ1v) is 20.3. The number of aliphatic hydroxyl groups is 3. The van der Waals surface area contributed by atoms with E-state index in [2.05, 4.69) is 13.8 Å². The lowest BCUT2D eigenvalue weighted by Gasteiger charge is -2.45. The summed E-state index contributed by atoms with van der Waals surface area (Å²) in [6, 6.07) is -1.10. The number of nitrogens with zero attached hydrogens (tertiary/aromatic N) is 1. The van der Waals surface area contributed by atoms with Crippen LogP contribution in [0.15, 0.2) is 23.3 Å². The van der Waals surface area contributed by atoms with E-state index in [0.29, 0.717) is 68.9 Å². The number of ketones is 2. The zero-order valence-electron chi connectivity index (χ0n) is 33.8. The maximum atomic E-state index is 14.2. The highest BCUT2D eigenvalue weighted by Crippen LogP contribution is 2.38. The number of ether oxygens (including phenoxy) is 4. The van der Waals surface area contributed by atoms with Crippen LogP contribution in [0.25, 0.3) is 0 Å². The van der Waals surface area contributed by atoms with Crippen molar-refractivity contribution in [1.29, 1.82) is 0 Å². The summed E-state index contributed by atoms with van der Waals surface area (Å²) in [5, 5.41) is 33.8. The van der Waals surface area contributed by atoms with E-state index in [1.54, 1.807) is 28.1 Å². The molecule has 3 heterocycles. The lowest BCUT2D eigenvalue weighted by molar-refractivity contribution is -0.287. The van der Waals surface area contributed by atoms with Gasteiger partial charge in [0.15, 0.2) is 5.78 Å². The van der Waals surface area contributed by atoms with Gasteiger partial charge < -0.3 is 39.2 Å². The van der Waals surface area contributed by atoms with Crippen molar-refractivity contribution in [2.45, 2.75) is 167 Å². The van der Waals surface area contributed by atoms with Crippen LogP contribution in [-0.2, 0) is 38.1 Å². The molecule has 3 aliphatic heterocycles. The lowest BCUT2D eigenvalue weighted by atomic mass is 9.82. The third-order valence-corrected chi connectivity index (χ3v) is 12.6. The Kier molecular flexibility index (Phi) is 16.0. The van der Waals surface area contributed by atoms with Gasteiger partial charge >= 0.3 is 5.97 Å². The number of carbonyl (C=O) groups is 4. The molecule has 306 valence electrons. The summed E-state index contributed by atoms with van der Waals surface area (Å²) in [5.41, 5.74) is 1.32. The summed E-state index contributed by atoms with van der Waals surface area (Å²) in [5.74, 6) is -6.57. The van der Waals surface area contributed by atoms with Gasteiger partial charge in [0, 0.05) is 39.0 Å². The van der Waals surface area contributed by atoms with Crippen LogP contribution in [-0.4, -0.2) is 113 Å². The topological polar surface area (TPSA) is 169 Å². The van der Waals surface area contributed by atoms with E-state index in [4.69, 9.17) is 18.9 Å². The predicted molar refractivity (Wildman–Crippen MR) is 202 cm³/mol. The van der Waals surface area contributed by atoms with Gasteiger partial charge in [-0.1, -0.05) is 46.8 Å². The second-order valence-electron chi connectivity index (χ2n) is 16.8. The fraction of sp³-hybridized carbons (Fsp3) is 0.810. The van der Waals surface area contributed by atoms with Gasteiger partial charge in [-0.25, -0.2) is 4.79 Å². The molecule has 1 amide bonds. The number of allylic oxidation sites excluding steroid dienone is 3. The van der Waals surface area contributed by atoms with Crippen LogP contribution in [0.5, 0.6) is 0 Å². The Labute approximate surface area is 322 Å². The molecule has 4 aliphatic rings. The van der Waals surface area contributed by atoms with Crippen molar-refractivity contribution in [3.05, 3.63) is 23.3 Å². The summed E-state index contributed by atoms with van der Waals surface area (Å²) >= 11 is 0. The van der Waals surface area contributed by atoms with Crippen molar-refractivity contribution in [3.63, 3.8) is 0 Å². The standard InChI is InChI=1S/C42H67NO11/c1-9-30-19-25(3)18-24(2)13-16-35-37(52-8)21-27(5)42(50,54-35)39(47)40(48)43-17-11-10-12-31(43)41(49)53-38(28(6)33(45)23-34(30)46)26(4)20-29-14-15-32(44)36(22-29)51-7/h19-20,24-25,27-29,31-33,35-38,44-45,50H,9-18,21-23H2,1-8H3/t24-,25?,27-,28-,29+,31?,32?,33?,35?,36?,37?,38?,42?/m1/s1. The molecule has 0 aromatic carbocycles. The second kappa shape index (κ2) is 19.6. The molecule has 0 aromatic rings. The number of esters is 1. The molecular weight excluding hydrogens is 694 g/mol. The van der Waals surface area contributed by atoms with Gasteiger partial charge in [0.2, 0.25) is 5.79 Å². The quantitative estimate of drug-likeness (QED) is 0.199. The molecule has 0 aromatic heterocycles. The molecule has 1 saturated carbocycles. The van der Waals surface area contributed by atoms with Crippen molar-refractivity contribution in [2.75, 3.05) is 20.8 Å². The molecule has 9 unspecified atom stereocenters. The third-order valence-electron chi connectivity index (χ3n) is 12.6. The summed E-state index contributed by atoms with van der Waals surface area (Å²) in [6.45, 7) is 11.5. The largest absolute Gasteiger partial charge is 0.456 e. The molecule has 2 bridgehead atoms. The summed E-state index contributed by atoms with van der Waals surface area (Å²) in [4.78, 5) is 57.2. The monoisotopic (exact) mass is 761 g/mol. The van der Waals surface area contributed by atoms with Crippen LogP contribution in [0.3, 0.4) is 0 Å². The van der Waals surface area contributed by atoms with E-state index in [1.807, 2.05) is 26.0 Å². The van der Waals surface area contributed by atoms with Crippen molar-refractivity contribution < 1.29 is 53.4 Å². The smallest absolute Gasteiger partial charge is 0.329 e. The molecular formula is C42H67NO11. The molecule has 0 spiro atoms. The maximum absolute atomic E-state index is 14.2. The average Bonchev–Trinajstić information content (AvgIpc) is 3.15. The number of amides is 1. The van der Waals surface area contributed by atoms with Crippen LogP contribution in [0.4, 0.5) is 0 Å². The summed E-state index contributed by atoms with van der Waals surface area (Å²) in [6.07, 6.45) is 5.77. The molecule has 12 nitrogen and oxygen atoms in total. The molecule has 0 radical (unpaired) electrons. The number of aliphatic hydroxyl groups excluding tert-OH is 2. The Morgan fingerprint density at radius 2 is 1.63 bits per heavy atom. The van der Waals surface area contributed by atoms with Crippen molar-refractivity contribution in [3.8, 4) is 0 Å². The number of hydrogen-bond donors (Lipinski definition) is 3. The number of carbonyl (C=O) groups excluding carboxylic acids is 4. The minimum Gasteiger partial charge on any atom is -0.456 e. The number of piperidine rings is 1. The molecule has 12 heteroatoms. The zero-order chi connectivity index (χ0) is 39.9. The van der Waals surface area contributed by atoms with Gasteiger partial charge in [-0.3, -0.25) is 14.4 Å². The summed E-state index contributed by atoms with van der Waals surface area (Å²) < 4.78 is 23.7. The van der Waals surface area contributed by atoms with E-state index < -0.39 is 71.8 Å². The second-order valence-corrected chi connectivity index (χ2v) is 16.8. The number of methoxy groups -OCH3 is 2. The normalized spacial score (nSPS) is 40.3. The van der Waals surface area contributed by atoms with E-state index in [0.717, 1.165) is 6.42 Å². The van der Waals surface area contributed by atoms with Gasteiger partial charge in [0.1, 0.15) is 12.1 Å². The molecule has 13 atom stereocenters. The minimum absolute atomic E-state index is 0.0109. The Morgan fingerprint density at radius 3 is 2.30 bits per heavy atom. The number of Topliss-reactive ketones (excluding diaryl/α,β-unsaturated/α-hetero) is 2.